The van der Waals surface area contributed by atoms with Crippen LogP contribution in [-0.2, 0) is 0 Å². The normalized spacial score (nSPS) is 11.1. The number of allylic oxidation sites excluding steroid dienone is 1. The third-order valence-corrected chi connectivity index (χ3v) is 4.51. The number of benzene rings is 2. The van der Waals surface area contributed by atoms with Crippen molar-refractivity contribution in [1.29, 1.82) is 0 Å². The predicted molar refractivity (Wildman–Crippen MR) is 114 cm³/mol. The van der Waals surface area contributed by atoms with Crippen molar-refractivity contribution in [3.8, 4) is 17.2 Å². The molecular formula is C22H28N2O4. The van der Waals surface area contributed by atoms with E-state index in [2.05, 4.69) is 0 Å². The average Bonchev–Trinajstić information content (AvgIpc) is 2.70. The number of carbonyl (C=O) groups is 1. The van der Waals surface area contributed by atoms with Crippen molar-refractivity contribution in [3.63, 3.8) is 0 Å². The summed E-state index contributed by atoms with van der Waals surface area (Å²) in [5, 5.41) is 0. The number of ether oxygens (including phenoxy) is 3. The number of methoxy groups -OCH3 is 3. The summed E-state index contributed by atoms with van der Waals surface area (Å²) in [5.74, 6) is 1.65. The number of rotatable bonds is 8. The molecule has 2 aromatic rings. The molecule has 0 fully saturated rings. The van der Waals surface area contributed by atoms with E-state index >= 15 is 0 Å². The highest BCUT2D eigenvalue weighted by Crippen LogP contribution is 2.36. The van der Waals surface area contributed by atoms with Crippen LogP contribution in [0.4, 0.5) is 11.4 Å². The topological polar surface area (TPSA) is 74.0 Å². The lowest BCUT2D eigenvalue weighted by Crippen LogP contribution is -2.12. The highest BCUT2D eigenvalue weighted by molar-refractivity contribution is 6.12. The van der Waals surface area contributed by atoms with Crippen LogP contribution < -0.4 is 24.8 Å². The molecule has 0 saturated carbocycles. The van der Waals surface area contributed by atoms with Crippen molar-refractivity contribution in [3.05, 3.63) is 47.0 Å². The first-order valence-electron chi connectivity index (χ1n) is 8.98. The number of hydrogen-bond donors (Lipinski definition) is 1. The third kappa shape index (κ3) is 4.39. The molecule has 0 aromatic heterocycles. The number of carbonyl (C=O) groups excluding carboxylic acids is 1. The fourth-order valence-corrected chi connectivity index (χ4v) is 2.97. The van der Waals surface area contributed by atoms with E-state index in [4.69, 9.17) is 19.9 Å². The third-order valence-electron chi connectivity index (χ3n) is 4.51. The van der Waals surface area contributed by atoms with E-state index in [0.717, 1.165) is 11.3 Å². The Morgan fingerprint density at radius 1 is 1.00 bits per heavy atom. The summed E-state index contributed by atoms with van der Waals surface area (Å²) in [4.78, 5) is 15.0. The Kier molecular flexibility index (Phi) is 6.93. The molecule has 150 valence electrons. The minimum Gasteiger partial charge on any atom is -0.496 e. The molecule has 0 heterocycles. The minimum absolute atomic E-state index is 0.0728. The molecule has 0 aliphatic rings. The lowest BCUT2D eigenvalue weighted by molar-refractivity contribution is 0.103. The molecule has 0 unspecified atom stereocenters. The maximum absolute atomic E-state index is 13.1. The standard InChI is InChI=1S/C22H28N2O4/c1-7-14(22(25)15-8-9-18(24(2)3)17(23)11-15)10-16-12-20(27-5)21(28-6)13-19(16)26-4/h8-13H,7,23H2,1-6H3. The van der Waals surface area contributed by atoms with Gasteiger partial charge in [-0.05, 0) is 36.8 Å². The van der Waals surface area contributed by atoms with Crippen LogP contribution in [0.3, 0.4) is 0 Å². The van der Waals surface area contributed by atoms with Gasteiger partial charge in [-0.3, -0.25) is 4.79 Å². The summed E-state index contributed by atoms with van der Waals surface area (Å²) in [7, 11) is 8.53. The molecule has 0 amide bonds. The minimum atomic E-state index is -0.0728. The van der Waals surface area contributed by atoms with Gasteiger partial charge in [0.15, 0.2) is 17.3 Å². The Hall–Kier alpha value is -3.15. The summed E-state index contributed by atoms with van der Waals surface area (Å²) in [6, 6.07) is 8.90. The highest BCUT2D eigenvalue weighted by Gasteiger charge is 2.16. The van der Waals surface area contributed by atoms with Crippen LogP contribution >= 0.6 is 0 Å². The number of nitrogens with zero attached hydrogens (tertiary/aromatic N) is 1. The number of anilines is 2. The molecule has 0 bridgehead atoms. The van der Waals surface area contributed by atoms with Crippen molar-refractivity contribution in [2.24, 2.45) is 0 Å². The first kappa shape index (κ1) is 21.2. The van der Waals surface area contributed by atoms with Crippen LogP contribution in [0.1, 0.15) is 29.3 Å². The van der Waals surface area contributed by atoms with Crippen molar-refractivity contribution < 1.29 is 19.0 Å². The van der Waals surface area contributed by atoms with Gasteiger partial charge >= 0.3 is 0 Å². The van der Waals surface area contributed by atoms with Gasteiger partial charge in [-0.25, -0.2) is 0 Å². The zero-order valence-electron chi connectivity index (χ0n) is 17.3. The predicted octanol–water partition coefficient (Wildman–Crippen LogP) is 4.04. The lowest BCUT2D eigenvalue weighted by atomic mass is 9.97. The van der Waals surface area contributed by atoms with Crippen molar-refractivity contribution in [2.45, 2.75) is 13.3 Å². The smallest absolute Gasteiger partial charge is 0.189 e. The SMILES string of the molecule is CCC(=Cc1cc(OC)c(OC)cc1OC)C(=O)c1ccc(N(C)C)c(N)c1. The van der Waals surface area contributed by atoms with Crippen LogP contribution in [0.5, 0.6) is 17.2 Å². The number of nitrogens with two attached hydrogens (primary N) is 1. The first-order chi connectivity index (χ1) is 13.4. The molecule has 2 rings (SSSR count). The van der Waals surface area contributed by atoms with E-state index in [0.29, 0.717) is 40.5 Å². The molecule has 0 aliphatic carbocycles. The van der Waals surface area contributed by atoms with Crippen molar-refractivity contribution in [2.75, 3.05) is 46.1 Å². The van der Waals surface area contributed by atoms with E-state index < -0.39 is 0 Å². The largest absolute Gasteiger partial charge is 0.496 e. The van der Waals surface area contributed by atoms with Gasteiger partial charge < -0.3 is 24.8 Å². The van der Waals surface area contributed by atoms with E-state index in [9.17, 15) is 4.79 Å². The van der Waals surface area contributed by atoms with Crippen molar-refractivity contribution >= 4 is 23.2 Å². The van der Waals surface area contributed by atoms with E-state index in [-0.39, 0.29) is 5.78 Å². The van der Waals surface area contributed by atoms with Crippen molar-refractivity contribution in [1.82, 2.24) is 0 Å². The van der Waals surface area contributed by atoms with Gasteiger partial charge in [0.1, 0.15) is 5.75 Å². The monoisotopic (exact) mass is 384 g/mol. The Balaban J connectivity index is 2.48. The molecule has 0 aliphatic heterocycles. The first-order valence-corrected chi connectivity index (χ1v) is 8.98. The molecule has 2 N–H and O–H groups in total. The van der Waals surface area contributed by atoms with Crippen LogP contribution in [0.2, 0.25) is 0 Å². The van der Waals surface area contributed by atoms with Gasteiger partial charge in [-0.15, -0.1) is 0 Å². The average molecular weight is 384 g/mol. The molecule has 0 saturated heterocycles. The number of Topliss-reactive ketones (excluding diaryl/α,β-unsaturated/α-hetero) is 1. The quantitative estimate of drug-likeness (QED) is 0.421. The number of hydrogen-bond acceptors (Lipinski definition) is 6. The highest BCUT2D eigenvalue weighted by atomic mass is 16.5. The molecule has 2 aromatic carbocycles. The second-order valence-electron chi connectivity index (χ2n) is 6.47. The van der Waals surface area contributed by atoms with E-state index in [1.165, 1.54) is 0 Å². The molecule has 0 spiro atoms. The molecule has 0 atom stereocenters. The fourth-order valence-electron chi connectivity index (χ4n) is 2.97. The number of nitrogen functional groups attached to an aromatic ring is 1. The maximum Gasteiger partial charge on any atom is 0.189 e. The lowest BCUT2D eigenvalue weighted by Gasteiger charge is -2.16. The van der Waals surface area contributed by atoms with E-state index in [1.807, 2.05) is 38.1 Å². The summed E-state index contributed by atoms with van der Waals surface area (Å²) in [6.07, 6.45) is 2.38. The van der Waals surface area contributed by atoms with Gasteiger partial charge in [0.05, 0.1) is 32.7 Å². The zero-order valence-corrected chi connectivity index (χ0v) is 17.3. The summed E-state index contributed by atoms with van der Waals surface area (Å²) in [6.45, 7) is 1.94. The van der Waals surface area contributed by atoms with Gasteiger partial charge in [0, 0.05) is 36.9 Å². The Morgan fingerprint density at radius 3 is 2.11 bits per heavy atom. The second-order valence-corrected chi connectivity index (χ2v) is 6.47. The van der Waals surface area contributed by atoms with Crippen LogP contribution in [0.25, 0.3) is 6.08 Å². The fraction of sp³-hybridized carbons (Fsp3) is 0.318. The van der Waals surface area contributed by atoms with Gasteiger partial charge in [0.2, 0.25) is 0 Å². The van der Waals surface area contributed by atoms with Crippen LogP contribution in [-0.4, -0.2) is 41.2 Å². The summed E-state index contributed by atoms with van der Waals surface area (Å²) in [5.41, 5.74) is 9.48. The van der Waals surface area contributed by atoms with Gasteiger partial charge in [0.25, 0.3) is 0 Å². The Labute approximate surface area is 166 Å². The van der Waals surface area contributed by atoms with Crippen LogP contribution in [0, 0.1) is 0 Å². The van der Waals surface area contributed by atoms with Gasteiger partial charge in [-0.1, -0.05) is 6.92 Å². The van der Waals surface area contributed by atoms with E-state index in [1.54, 1.807) is 45.6 Å². The summed E-state index contributed by atoms with van der Waals surface area (Å²) >= 11 is 0. The summed E-state index contributed by atoms with van der Waals surface area (Å²) < 4.78 is 16.1. The number of ketones is 1. The Morgan fingerprint density at radius 2 is 1.61 bits per heavy atom. The zero-order chi connectivity index (χ0) is 20.8. The van der Waals surface area contributed by atoms with Gasteiger partial charge in [-0.2, -0.15) is 0 Å². The molecule has 0 radical (unpaired) electrons. The maximum atomic E-state index is 13.1. The van der Waals surface area contributed by atoms with Crippen LogP contribution in [0.15, 0.2) is 35.9 Å². The molecule has 6 nitrogen and oxygen atoms in total. The Bertz CT molecular complexity index is 888. The molecule has 6 heteroatoms. The molecule has 28 heavy (non-hydrogen) atoms. The molecular weight excluding hydrogens is 356 g/mol. The second kappa shape index (κ2) is 9.17.